The lowest BCUT2D eigenvalue weighted by atomic mass is 9.94. The van der Waals surface area contributed by atoms with Gasteiger partial charge < -0.3 is 5.32 Å². The fraction of sp³-hybridized carbons (Fsp3) is 0.786. The van der Waals surface area contributed by atoms with Gasteiger partial charge in [-0.2, -0.15) is 0 Å². The molecule has 2 aliphatic heterocycles. The fourth-order valence-electron chi connectivity index (χ4n) is 3.50. The molecule has 4 heteroatoms. The third-order valence-electron chi connectivity index (χ3n) is 4.49. The van der Waals surface area contributed by atoms with Gasteiger partial charge in [-0.3, -0.25) is 4.90 Å². The van der Waals surface area contributed by atoms with Crippen LogP contribution in [-0.2, 0) is 0 Å². The minimum Gasteiger partial charge on any atom is -0.312 e. The molecule has 0 radical (unpaired) electrons. The van der Waals surface area contributed by atoms with Gasteiger partial charge >= 0.3 is 0 Å². The van der Waals surface area contributed by atoms with E-state index in [9.17, 15) is 0 Å². The normalized spacial score (nSPS) is 30.4. The lowest BCUT2D eigenvalue weighted by Gasteiger charge is -2.25. The summed E-state index contributed by atoms with van der Waals surface area (Å²) in [5.41, 5.74) is 1.23. The van der Waals surface area contributed by atoms with Crippen molar-refractivity contribution in [2.24, 2.45) is 5.92 Å². The maximum Gasteiger partial charge on any atom is 0.0900 e. The van der Waals surface area contributed by atoms with Crippen LogP contribution in [0.2, 0.25) is 0 Å². The summed E-state index contributed by atoms with van der Waals surface area (Å²) in [7, 11) is 0. The number of hydrogen-bond acceptors (Lipinski definition) is 4. The molecule has 3 heterocycles. The number of fused-ring (bicyclic) bond motifs is 1. The van der Waals surface area contributed by atoms with E-state index < -0.39 is 0 Å². The Hall–Kier alpha value is -0.450. The molecule has 1 N–H and O–H groups in total. The van der Waals surface area contributed by atoms with Crippen molar-refractivity contribution in [2.75, 3.05) is 19.6 Å². The molecule has 3 unspecified atom stereocenters. The predicted octanol–water partition coefficient (Wildman–Crippen LogP) is 2.50. The maximum atomic E-state index is 4.57. The summed E-state index contributed by atoms with van der Waals surface area (Å²) in [6.07, 6.45) is 2.75. The van der Waals surface area contributed by atoms with Gasteiger partial charge in [0.25, 0.3) is 0 Å². The van der Waals surface area contributed by atoms with E-state index in [4.69, 9.17) is 0 Å². The van der Waals surface area contributed by atoms with Crippen LogP contribution in [0.25, 0.3) is 0 Å². The highest BCUT2D eigenvalue weighted by Crippen LogP contribution is 2.34. The van der Waals surface area contributed by atoms with Gasteiger partial charge in [-0.1, -0.05) is 0 Å². The number of hydrogen-bond donors (Lipinski definition) is 1. The Morgan fingerprint density at radius 1 is 1.39 bits per heavy atom. The number of nitrogens with one attached hydrogen (secondary N) is 1. The standard InChI is InChI=1S/C14H23N3S/c1-9-14(18-11(3)16-9)10(2)17-7-12-5-4-6-15-13(12)8-17/h10,12-13,15H,4-8H2,1-3H3. The molecule has 3 nitrogen and oxygen atoms in total. The molecule has 100 valence electrons. The summed E-state index contributed by atoms with van der Waals surface area (Å²) in [4.78, 5) is 8.68. The van der Waals surface area contributed by atoms with Crippen LogP contribution in [0.1, 0.15) is 41.4 Å². The fourth-order valence-corrected chi connectivity index (χ4v) is 4.51. The monoisotopic (exact) mass is 265 g/mol. The third-order valence-corrected chi connectivity index (χ3v) is 5.74. The van der Waals surface area contributed by atoms with E-state index in [0.29, 0.717) is 6.04 Å². The van der Waals surface area contributed by atoms with Crippen LogP contribution in [0.5, 0.6) is 0 Å². The Balaban J connectivity index is 1.73. The molecule has 0 bridgehead atoms. The summed E-state index contributed by atoms with van der Waals surface area (Å²) in [5.74, 6) is 0.871. The summed E-state index contributed by atoms with van der Waals surface area (Å²) < 4.78 is 0. The molecule has 1 aromatic heterocycles. The number of rotatable bonds is 2. The first-order valence-corrected chi connectivity index (χ1v) is 7.88. The first-order chi connectivity index (χ1) is 8.65. The lowest BCUT2D eigenvalue weighted by molar-refractivity contribution is 0.253. The van der Waals surface area contributed by atoms with Crippen molar-refractivity contribution >= 4 is 11.3 Å². The molecule has 0 aromatic carbocycles. The molecule has 2 saturated heterocycles. The molecule has 3 rings (SSSR count). The number of aryl methyl sites for hydroxylation is 2. The highest BCUT2D eigenvalue weighted by atomic mass is 32.1. The van der Waals surface area contributed by atoms with Crippen molar-refractivity contribution in [2.45, 2.75) is 45.7 Å². The smallest absolute Gasteiger partial charge is 0.0900 e. The molecule has 0 spiro atoms. The Bertz CT molecular complexity index is 415. The quantitative estimate of drug-likeness (QED) is 0.890. The zero-order valence-electron chi connectivity index (χ0n) is 11.6. The second-order valence-corrected chi connectivity index (χ2v) is 7.01. The summed E-state index contributed by atoms with van der Waals surface area (Å²) in [6, 6.07) is 1.26. The molecule has 0 saturated carbocycles. The van der Waals surface area contributed by atoms with Gasteiger partial charge in [0.2, 0.25) is 0 Å². The lowest BCUT2D eigenvalue weighted by Crippen LogP contribution is -2.40. The van der Waals surface area contributed by atoms with Crippen molar-refractivity contribution in [3.63, 3.8) is 0 Å². The third kappa shape index (κ3) is 2.22. The van der Waals surface area contributed by atoms with E-state index in [2.05, 4.69) is 36.0 Å². The second kappa shape index (κ2) is 4.91. The van der Waals surface area contributed by atoms with E-state index in [1.54, 1.807) is 0 Å². The summed E-state index contributed by atoms with van der Waals surface area (Å²) in [5, 5.41) is 4.88. The topological polar surface area (TPSA) is 28.2 Å². The van der Waals surface area contributed by atoms with Crippen LogP contribution in [-0.4, -0.2) is 35.6 Å². The van der Waals surface area contributed by atoms with E-state index >= 15 is 0 Å². The number of likely N-dealkylation sites (tertiary alicyclic amines) is 1. The van der Waals surface area contributed by atoms with Crippen LogP contribution in [0.3, 0.4) is 0 Å². The van der Waals surface area contributed by atoms with Gasteiger partial charge in [0.1, 0.15) is 0 Å². The van der Waals surface area contributed by atoms with E-state index in [1.165, 1.54) is 48.1 Å². The Kier molecular flexibility index (Phi) is 3.43. The zero-order chi connectivity index (χ0) is 12.7. The first-order valence-electron chi connectivity index (χ1n) is 7.06. The maximum absolute atomic E-state index is 4.57. The van der Waals surface area contributed by atoms with Crippen molar-refractivity contribution in [3.8, 4) is 0 Å². The largest absolute Gasteiger partial charge is 0.312 e. The minimum atomic E-state index is 0.531. The van der Waals surface area contributed by atoms with Crippen LogP contribution in [0.4, 0.5) is 0 Å². The number of nitrogens with zero attached hydrogens (tertiary/aromatic N) is 2. The van der Waals surface area contributed by atoms with Crippen LogP contribution in [0.15, 0.2) is 0 Å². The van der Waals surface area contributed by atoms with E-state index in [1.807, 2.05) is 11.3 Å². The number of thiazole rings is 1. The van der Waals surface area contributed by atoms with Crippen LogP contribution < -0.4 is 5.32 Å². The summed E-state index contributed by atoms with van der Waals surface area (Å²) in [6.45, 7) is 10.3. The van der Waals surface area contributed by atoms with Crippen molar-refractivity contribution in [1.29, 1.82) is 0 Å². The minimum absolute atomic E-state index is 0.531. The highest BCUT2D eigenvalue weighted by molar-refractivity contribution is 7.11. The Morgan fingerprint density at radius 3 is 2.89 bits per heavy atom. The van der Waals surface area contributed by atoms with Gasteiger partial charge in [-0.25, -0.2) is 4.98 Å². The molecular weight excluding hydrogens is 242 g/mol. The van der Waals surface area contributed by atoms with E-state index in [-0.39, 0.29) is 0 Å². The van der Waals surface area contributed by atoms with Gasteiger partial charge in [0.05, 0.1) is 10.7 Å². The van der Waals surface area contributed by atoms with Gasteiger partial charge in [0.15, 0.2) is 0 Å². The Morgan fingerprint density at radius 2 is 2.22 bits per heavy atom. The molecular formula is C14H23N3S. The zero-order valence-corrected chi connectivity index (χ0v) is 12.4. The molecule has 0 aliphatic carbocycles. The molecule has 0 amide bonds. The highest BCUT2D eigenvalue weighted by Gasteiger charge is 2.37. The predicted molar refractivity (Wildman–Crippen MR) is 76.1 cm³/mol. The molecule has 2 aliphatic rings. The SMILES string of the molecule is Cc1nc(C)c(C(C)N2CC3CCCNC3C2)s1. The number of aromatic nitrogens is 1. The van der Waals surface area contributed by atoms with Crippen LogP contribution in [0, 0.1) is 19.8 Å². The molecule has 3 atom stereocenters. The second-order valence-electron chi connectivity index (χ2n) is 5.78. The van der Waals surface area contributed by atoms with Gasteiger partial charge in [-0.15, -0.1) is 11.3 Å². The van der Waals surface area contributed by atoms with Gasteiger partial charge in [0, 0.05) is 30.1 Å². The number of piperidine rings is 1. The molecule has 18 heavy (non-hydrogen) atoms. The van der Waals surface area contributed by atoms with E-state index in [0.717, 1.165) is 12.0 Å². The molecule has 1 aromatic rings. The summed E-state index contributed by atoms with van der Waals surface area (Å²) >= 11 is 1.87. The molecule has 2 fully saturated rings. The first kappa shape index (κ1) is 12.6. The van der Waals surface area contributed by atoms with Crippen molar-refractivity contribution < 1.29 is 0 Å². The van der Waals surface area contributed by atoms with Gasteiger partial charge in [-0.05, 0) is 46.1 Å². The average Bonchev–Trinajstić information content (AvgIpc) is 2.91. The van der Waals surface area contributed by atoms with Crippen molar-refractivity contribution in [3.05, 3.63) is 15.6 Å². The Labute approximate surface area is 114 Å². The van der Waals surface area contributed by atoms with Crippen LogP contribution >= 0.6 is 11.3 Å². The average molecular weight is 265 g/mol. The van der Waals surface area contributed by atoms with Crippen molar-refractivity contribution in [1.82, 2.24) is 15.2 Å².